The summed E-state index contributed by atoms with van der Waals surface area (Å²) in [6.45, 7) is -0.222. The first-order valence-electron chi connectivity index (χ1n) is 5.24. The first-order chi connectivity index (χ1) is 8.37. The van der Waals surface area contributed by atoms with Crippen molar-refractivity contribution in [3.05, 3.63) is 35.9 Å². The minimum atomic E-state index is -3.58. The lowest BCUT2D eigenvalue weighted by Crippen LogP contribution is -2.39. The van der Waals surface area contributed by atoms with Crippen LogP contribution in [0.25, 0.3) is 0 Å². The average molecular weight is 273 g/mol. The van der Waals surface area contributed by atoms with Gasteiger partial charge in [-0.1, -0.05) is 30.3 Å². The predicted molar refractivity (Wildman–Crippen MR) is 65.9 cm³/mol. The Bertz CT molecular complexity index is 485. The molecule has 100 valence electrons. The summed E-state index contributed by atoms with van der Waals surface area (Å²) in [4.78, 5) is 10.6. The molecule has 0 aliphatic heterocycles. The Balaban J connectivity index is 2.64. The van der Waals surface area contributed by atoms with E-state index < -0.39 is 22.3 Å². The van der Waals surface area contributed by atoms with Crippen LogP contribution in [0.5, 0.6) is 0 Å². The molecule has 1 amide bonds. The van der Waals surface area contributed by atoms with Gasteiger partial charge in [0.25, 0.3) is 10.1 Å². The van der Waals surface area contributed by atoms with E-state index in [-0.39, 0.29) is 6.61 Å². The van der Waals surface area contributed by atoms with Crippen molar-refractivity contribution in [2.75, 3.05) is 12.9 Å². The zero-order chi connectivity index (χ0) is 13.6. The van der Waals surface area contributed by atoms with Crippen LogP contribution in [0.4, 0.5) is 4.79 Å². The normalized spacial score (nSPS) is 12.9. The Morgan fingerprint density at radius 3 is 2.50 bits per heavy atom. The topological polar surface area (TPSA) is 92.7 Å². The second kappa shape index (κ2) is 6.36. The third-order valence-corrected chi connectivity index (χ3v) is 2.70. The summed E-state index contributed by atoms with van der Waals surface area (Å²) < 4.78 is 26.4. The standard InChI is InChI=1S/C11H15NO5S/c1-18(15,16)17-8-10(12-11(13)14)7-9-5-3-2-4-6-9/h2-6,10,12H,7-8H2,1H3,(H,13,14). The molecule has 0 saturated heterocycles. The van der Waals surface area contributed by atoms with Crippen LogP contribution >= 0.6 is 0 Å². The smallest absolute Gasteiger partial charge is 0.404 e. The number of benzene rings is 1. The van der Waals surface area contributed by atoms with Crippen molar-refractivity contribution in [3.8, 4) is 0 Å². The molecule has 6 nitrogen and oxygen atoms in total. The van der Waals surface area contributed by atoms with E-state index in [9.17, 15) is 13.2 Å². The number of hydrogen-bond acceptors (Lipinski definition) is 4. The van der Waals surface area contributed by atoms with Crippen LogP contribution in [0.3, 0.4) is 0 Å². The summed E-state index contributed by atoms with van der Waals surface area (Å²) in [7, 11) is -3.58. The molecular formula is C11H15NO5S. The van der Waals surface area contributed by atoms with Gasteiger partial charge in [-0.05, 0) is 12.0 Å². The molecule has 18 heavy (non-hydrogen) atoms. The average Bonchev–Trinajstić information content (AvgIpc) is 2.25. The van der Waals surface area contributed by atoms with Crippen molar-refractivity contribution in [2.24, 2.45) is 0 Å². The Labute approximate surface area is 106 Å². The van der Waals surface area contributed by atoms with Crippen molar-refractivity contribution in [3.63, 3.8) is 0 Å². The van der Waals surface area contributed by atoms with Gasteiger partial charge in [0.1, 0.15) is 0 Å². The number of carbonyl (C=O) groups is 1. The molecule has 2 N–H and O–H groups in total. The molecule has 1 aromatic rings. The molecule has 0 spiro atoms. The third kappa shape index (κ3) is 6.21. The molecule has 0 radical (unpaired) electrons. The Morgan fingerprint density at radius 1 is 1.39 bits per heavy atom. The zero-order valence-electron chi connectivity index (χ0n) is 9.87. The fraction of sp³-hybridized carbons (Fsp3) is 0.364. The molecule has 7 heteroatoms. The second-order valence-corrected chi connectivity index (χ2v) is 5.47. The van der Waals surface area contributed by atoms with Crippen molar-refractivity contribution in [2.45, 2.75) is 12.5 Å². The summed E-state index contributed by atoms with van der Waals surface area (Å²) in [5.74, 6) is 0. The van der Waals surface area contributed by atoms with E-state index in [0.29, 0.717) is 6.42 Å². The minimum absolute atomic E-state index is 0.222. The van der Waals surface area contributed by atoms with Gasteiger partial charge in [-0.15, -0.1) is 0 Å². The SMILES string of the molecule is CS(=O)(=O)OCC(Cc1ccccc1)NC(=O)O. The summed E-state index contributed by atoms with van der Waals surface area (Å²) >= 11 is 0. The lowest BCUT2D eigenvalue weighted by molar-refractivity contribution is 0.181. The molecule has 1 atom stereocenters. The molecule has 0 aliphatic carbocycles. The van der Waals surface area contributed by atoms with E-state index >= 15 is 0 Å². The highest BCUT2D eigenvalue weighted by Gasteiger charge is 2.15. The van der Waals surface area contributed by atoms with Crippen LogP contribution in [-0.2, 0) is 20.7 Å². The van der Waals surface area contributed by atoms with Crippen LogP contribution in [0.15, 0.2) is 30.3 Å². The van der Waals surface area contributed by atoms with Gasteiger partial charge in [0.15, 0.2) is 0 Å². The molecule has 0 fully saturated rings. The van der Waals surface area contributed by atoms with Gasteiger partial charge in [-0.25, -0.2) is 4.79 Å². The van der Waals surface area contributed by atoms with Crippen molar-refractivity contribution in [1.82, 2.24) is 5.32 Å². The van der Waals surface area contributed by atoms with Crippen LogP contribution in [0.2, 0.25) is 0 Å². The third-order valence-electron chi connectivity index (χ3n) is 2.14. The maximum Gasteiger partial charge on any atom is 0.404 e. The molecule has 0 heterocycles. The van der Waals surface area contributed by atoms with Gasteiger partial charge >= 0.3 is 6.09 Å². The van der Waals surface area contributed by atoms with E-state index in [1.54, 1.807) is 0 Å². The Morgan fingerprint density at radius 2 is 2.00 bits per heavy atom. The number of hydrogen-bond donors (Lipinski definition) is 2. The molecular weight excluding hydrogens is 258 g/mol. The van der Waals surface area contributed by atoms with E-state index in [4.69, 9.17) is 5.11 Å². The molecule has 1 aromatic carbocycles. The van der Waals surface area contributed by atoms with Gasteiger partial charge in [0.05, 0.1) is 18.9 Å². The first-order valence-corrected chi connectivity index (χ1v) is 7.06. The van der Waals surface area contributed by atoms with Gasteiger partial charge in [-0.3, -0.25) is 4.18 Å². The summed E-state index contributed by atoms with van der Waals surface area (Å²) in [6, 6.07) is 8.54. The van der Waals surface area contributed by atoms with Crippen LogP contribution in [0, 0.1) is 0 Å². The fourth-order valence-corrected chi connectivity index (χ4v) is 1.84. The lowest BCUT2D eigenvalue weighted by atomic mass is 10.1. The van der Waals surface area contributed by atoms with Gasteiger partial charge in [0.2, 0.25) is 0 Å². The monoisotopic (exact) mass is 273 g/mol. The lowest BCUT2D eigenvalue weighted by Gasteiger charge is -2.16. The van der Waals surface area contributed by atoms with Gasteiger partial charge in [0, 0.05) is 0 Å². The van der Waals surface area contributed by atoms with E-state index in [1.807, 2.05) is 30.3 Å². The van der Waals surface area contributed by atoms with Gasteiger partial charge < -0.3 is 10.4 Å². The predicted octanol–water partition coefficient (Wildman–Crippen LogP) is 0.841. The van der Waals surface area contributed by atoms with Gasteiger partial charge in [-0.2, -0.15) is 8.42 Å². The molecule has 0 aliphatic rings. The molecule has 0 aromatic heterocycles. The van der Waals surface area contributed by atoms with Crippen molar-refractivity contribution in [1.29, 1.82) is 0 Å². The molecule has 1 unspecified atom stereocenters. The summed E-state index contributed by atoms with van der Waals surface area (Å²) in [6.07, 6.45) is 0.0729. The number of amides is 1. The minimum Gasteiger partial charge on any atom is -0.465 e. The number of nitrogens with one attached hydrogen (secondary N) is 1. The maximum atomic E-state index is 10.9. The first kappa shape index (κ1) is 14.5. The zero-order valence-corrected chi connectivity index (χ0v) is 10.7. The molecule has 1 rings (SSSR count). The molecule has 0 saturated carbocycles. The maximum absolute atomic E-state index is 10.9. The van der Waals surface area contributed by atoms with Crippen LogP contribution < -0.4 is 5.32 Å². The van der Waals surface area contributed by atoms with Crippen LogP contribution in [0.1, 0.15) is 5.56 Å². The Hall–Kier alpha value is -1.60. The number of rotatable bonds is 6. The van der Waals surface area contributed by atoms with E-state index in [0.717, 1.165) is 11.8 Å². The number of carboxylic acid groups (broad SMARTS) is 1. The Kier molecular flexibility index (Phi) is 5.11. The van der Waals surface area contributed by atoms with Crippen LogP contribution in [-0.4, -0.2) is 38.5 Å². The molecule has 0 bridgehead atoms. The van der Waals surface area contributed by atoms with E-state index in [1.165, 1.54) is 0 Å². The van der Waals surface area contributed by atoms with E-state index in [2.05, 4.69) is 9.50 Å². The van der Waals surface area contributed by atoms with Crippen molar-refractivity contribution < 1.29 is 22.5 Å². The highest BCUT2D eigenvalue weighted by molar-refractivity contribution is 7.85. The quantitative estimate of drug-likeness (QED) is 0.749. The largest absolute Gasteiger partial charge is 0.465 e. The second-order valence-electron chi connectivity index (χ2n) is 3.82. The van der Waals surface area contributed by atoms with Crippen molar-refractivity contribution >= 4 is 16.2 Å². The highest BCUT2D eigenvalue weighted by atomic mass is 32.2. The summed E-state index contributed by atoms with van der Waals surface area (Å²) in [5, 5.41) is 10.9. The fourth-order valence-electron chi connectivity index (χ4n) is 1.43. The summed E-state index contributed by atoms with van der Waals surface area (Å²) in [5.41, 5.74) is 0.897. The highest BCUT2D eigenvalue weighted by Crippen LogP contribution is 2.04.